The van der Waals surface area contributed by atoms with Crippen molar-refractivity contribution < 1.29 is 28.7 Å². The van der Waals surface area contributed by atoms with Gasteiger partial charge in [0.05, 0.1) is 0 Å². The van der Waals surface area contributed by atoms with Crippen LogP contribution in [0.3, 0.4) is 0 Å². The van der Waals surface area contributed by atoms with Crippen LogP contribution in [-0.4, -0.2) is 35.7 Å². The molecule has 3 saturated carbocycles. The number of hydrogen-bond acceptors (Lipinski definition) is 6. The SMILES string of the molecule is CCC(=O)OCC(=O)[C@@]1(OC(=O)CC)[C@@H](C)C[C@H]2[C@@H]3CCC4=CC(=O)C=C[C@]4(C)C3CC[C@@]21C. The van der Waals surface area contributed by atoms with Crippen molar-refractivity contribution in [1.82, 2.24) is 0 Å². The van der Waals surface area contributed by atoms with Crippen LogP contribution in [0.15, 0.2) is 23.8 Å². The topological polar surface area (TPSA) is 86.7 Å². The zero-order valence-corrected chi connectivity index (χ0v) is 21.1. The first-order chi connectivity index (χ1) is 16.0. The van der Waals surface area contributed by atoms with Crippen LogP contribution >= 0.6 is 0 Å². The lowest BCUT2D eigenvalue weighted by atomic mass is 9.47. The van der Waals surface area contributed by atoms with Crippen LogP contribution in [0.5, 0.6) is 0 Å². The second kappa shape index (κ2) is 8.76. The number of carbonyl (C=O) groups excluding carboxylic acids is 4. The van der Waals surface area contributed by atoms with E-state index in [2.05, 4.69) is 19.9 Å². The second-order valence-corrected chi connectivity index (χ2v) is 11.2. The molecule has 0 radical (unpaired) electrons. The highest BCUT2D eigenvalue weighted by Gasteiger charge is 2.71. The van der Waals surface area contributed by atoms with Crippen LogP contribution in [0.4, 0.5) is 0 Å². The molecule has 4 rings (SSSR count). The largest absolute Gasteiger partial charge is 0.457 e. The molecule has 1 unspecified atom stereocenters. The normalized spacial score (nSPS) is 40.5. The van der Waals surface area contributed by atoms with Gasteiger partial charge in [-0.3, -0.25) is 19.2 Å². The zero-order valence-electron chi connectivity index (χ0n) is 21.1. The van der Waals surface area contributed by atoms with Gasteiger partial charge in [-0.05, 0) is 62.0 Å². The average molecular weight is 471 g/mol. The van der Waals surface area contributed by atoms with E-state index in [0.717, 1.165) is 32.1 Å². The van der Waals surface area contributed by atoms with Crippen molar-refractivity contribution in [3.63, 3.8) is 0 Å². The minimum atomic E-state index is -1.29. The van der Waals surface area contributed by atoms with E-state index in [9.17, 15) is 19.2 Å². The molecule has 0 amide bonds. The van der Waals surface area contributed by atoms with Gasteiger partial charge in [-0.25, -0.2) is 0 Å². The van der Waals surface area contributed by atoms with Crippen molar-refractivity contribution in [3.05, 3.63) is 23.8 Å². The molecule has 0 aromatic carbocycles. The number of ether oxygens (including phenoxy) is 2. The van der Waals surface area contributed by atoms with Crippen LogP contribution in [0.2, 0.25) is 0 Å². The van der Waals surface area contributed by atoms with E-state index in [4.69, 9.17) is 9.47 Å². The highest BCUT2D eigenvalue weighted by Crippen LogP contribution is 2.69. The Kier molecular flexibility index (Phi) is 6.41. The molecule has 7 atom stereocenters. The van der Waals surface area contributed by atoms with Crippen LogP contribution in [0.25, 0.3) is 0 Å². The predicted molar refractivity (Wildman–Crippen MR) is 127 cm³/mol. The summed E-state index contributed by atoms with van der Waals surface area (Å²) in [4.78, 5) is 50.3. The Bertz CT molecular complexity index is 962. The lowest BCUT2D eigenvalue weighted by Gasteiger charge is -2.58. The van der Waals surface area contributed by atoms with Crippen LogP contribution in [-0.2, 0) is 28.7 Å². The van der Waals surface area contributed by atoms with Crippen molar-refractivity contribution in [2.45, 2.75) is 85.2 Å². The van der Waals surface area contributed by atoms with Crippen LogP contribution in [0, 0.1) is 34.5 Å². The van der Waals surface area contributed by atoms with Crippen LogP contribution in [0.1, 0.15) is 79.6 Å². The molecule has 0 N–H and O–H groups in total. The van der Waals surface area contributed by atoms with Crippen LogP contribution < -0.4 is 0 Å². The molecule has 0 aromatic heterocycles. The van der Waals surface area contributed by atoms with Crippen molar-refractivity contribution in [2.24, 2.45) is 34.5 Å². The van der Waals surface area contributed by atoms with Crippen molar-refractivity contribution in [3.8, 4) is 0 Å². The Morgan fingerprint density at radius 2 is 1.76 bits per heavy atom. The molecule has 0 heterocycles. The molecule has 0 saturated heterocycles. The minimum Gasteiger partial charge on any atom is -0.457 e. The summed E-state index contributed by atoms with van der Waals surface area (Å²) in [6.07, 6.45) is 10.3. The molecule has 3 fully saturated rings. The summed E-state index contributed by atoms with van der Waals surface area (Å²) in [5, 5.41) is 0. The molecule has 0 spiro atoms. The fraction of sp³-hybridized carbons (Fsp3) is 0.714. The lowest BCUT2D eigenvalue weighted by Crippen LogP contribution is -2.61. The second-order valence-electron chi connectivity index (χ2n) is 11.2. The quantitative estimate of drug-likeness (QED) is 0.521. The van der Waals surface area contributed by atoms with Gasteiger partial charge in [0.15, 0.2) is 18.0 Å². The standard InChI is InChI=1S/C28H38O6/c1-6-24(31)33-16-23(30)28(34-25(32)7-2)17(3)14-22-20-9-8-18-15-19(29)10-12-26(18,4)21(20)11-13-27(22,28)5/h10,12,15,17,20-22H,6-9,11,13-14,16H2,1-5H3/t17-,20+,21?,22-,26-,27-,28-/m0/s1. The summed E-state index contributed by atoms with van der Waals surface area (Å²) >= 11 is 0. The monoisotopic (exact) mass is 470 g/mol. The first-order valence-electron chi connectivity index (χ1n) is 12.9. The molecule has 4 aliphatic rings. The number of ketones is 2. The van der Waals surface area contributed by atoms with Gasteiger partial charge in [-0.1, -0.05) is 46.3 Å². The summed E-state index contributed by atoms with van der Waals surface area (Å²) < 4.78 is 11.4. The van der Waals surface area contributed by atoms with E-state index in [-0.39, 0.29) is 54.2 Å². The van der Waals surface area contributed by atoms with Gasteiger partial charge >= 0.3 is 11.9 Å². The minimum absolute atomic E-state index is 0.0683. The number of esters is 2. The van der Waals surface area contributed by atoms with Gasteiger partial charge in [0.2, 0.25) is 5.78 Å². The summed E-state index contributed by atoms with van der Waals surface area (Å²) in [6.45, 7) is 9.44. The lowest BCUT2D eigenvalue weighted by molar-refractivity contribution is -0.197. The van der Waals surface area contributed by atoms with Gasteiger partial charge in [0.1, 0.15) is 0 Å². The number of Topliss-reactive ketones (excluding diaryl/α,β-unsaturated/α-hetero) is 1. The maximum Gasteiger partial charge on any atom is 0.306 e. The average Bonchev–Trinajstić information content (AvgIpc) is 3.04. The molecule has 0 aliphatic heterocycles. The molecule has 6 heteroatoms. The van der Waals surface area contributed by atoms with Crippen molar-refractivity contribution in [2.75, 3.05) is 6.61 Å². The molecule has 4 aliphatic carbocycles. The first-order valence-corrected chi connectivity index (χ1v) is 12.9. The molecule has 0 aromatic rings. The first kappa shape index (κ1) is 24.9. The van der Waals surface area contributed by atoms with Crippen molar-refractivity contribution in [1.29, 1.82) is 0 Å². The van der Waals surface area contributed by atoms with E-state index < -0.39 is 17.0 Å². The third kappa shape index (κ3) is 3.51. The van der Waals surface area contributed by atoms with E-state index >= 15 is 0 Å². The Morgan fingerprint density at radius 1 is 1.06 bits per heavy atom. The number of carbonyl (C=O) groups is 4. The third-order valence-electron chi connectivity index (χ3n) is 9.73. The summed E-state index contributed by atoms with van der Waals surface area (Å²) in [5.74, 6) is -0.252. The van der Waals surface area contributed by atoms with Gasteiger partial charge in [0, 0.05) is 29.6 Å². The highest BCUT2D eigenvalue weighted by molar-refractivity contribution is 6.01. The number of hydrogen-bond donors (Lipinski definition) is 0. The van der Waals surface area contributed by atoms with E-state index in [1.54, 1.807) is 19.9 Å². The Labute approximate surface area is 202 Å². The maximum atomic E-state index is 13.8. The molecule has 186 valence electrons. The fourth-order valence-electron chi connectivity index (χ4n) is 8.00. The molecular formula is C28H38O6. The Hall–Kier alpha value is -2.24. The van der Waals surface area contributed by atoms with E-state index in [1.807, 2.05) is 13.0 Å². The third-order valence-corrected chi connectivity index (χ3v) is 9.73. The number of rotatable bonds is 6. The van der Waals surface area contributed by atoms with E-state index in [0.29, 0.717) is 11.8 Å². The predicted octanol–water partition coefficient (Wildman–Crippen LogP) is 4.75. The maximum absolute atomic E-state index is 13.8. The summed E-state index contributed by atoms with van der Waals surface area (Å²) in [7, 11) is 0. The fourth-order valence-corrected chi connectivity index (χ4v) is 8.00. The van der Waals surface area contributed by atoms with Crippen molar-refractivity contribution >= 4 is 23.5 Å². The van der Waals surface area contributed by atoms with Gasteiger partial charge < -0.3 is 9.47 Å². The number of fused-ring (bicyclic) bond motifs is 5. The molecular weight excluding hydrogens is 432 g/mol. The molecule has 6 nitrogen and oxygen atoms in total. The smallest absolute Gasteiger partial charge is 0.306 e. The molecule has 34 heavy (non-hydrogen) atoms. The molecule has 0 bridgehead atoms. The van der Waals surface area contributed by atoms with Gasteiger partial charge in [0.25, 0.3) is 0 Å². The highest BCUT2D eigenvalue weighted by atomic mass is 16.6. The van der Waals surface area contributed by atoms with E-state index in [1.165, 1.54) is 5.57 Å². The summed E-state index contributed by atoms with van der Waals surface area (Å²) in [6, 6.07) is 0. The zero-order chi connectivity index (χ0) is 24.9. The van der Waals surface area contributed by atoms with Gasteiger partial charge in [-0.2, -0.15) is 0 Å². The Morgan fingerprint density at radius 3 is 2.44 bits per heavy atom. The van der Waals surface area contributed by atoms with Gasteiger partial charge in [-0.15, -0.1) is 0 Å². The summed E-state index contributed by atoms with van der Waals surface area (Å²) in [5.41, 5.74) is -0.742. The Balaban J connectivity index is 1.71. The number of allylic oxidation sites excluding steroid dienone is 4.